The van der Waals surface area contributed by atoms with E-state index in [1.54, 1.807) is 14.2 Å². The Morgan fingerprint density at radius 3 is 2.45 bits per heavy atom. The van der Waals surface area contributed by atoms with E-state index in [0.29, 0.717) is 12.4 Å². The van der Waals surface area contributed by atoms with Gasteiger partial charge in [-0.15, -0.1) is 5.10 Å². The Morgan fingerprint density at radius 2 is 1.82 bits per heavy atom. The van der Waals surface area contributed by atoms with Crippen LogP contribution in [-0.2, 0) is 13.0 Å². The lowest BCUT2D eigenvalue weighted by atomic mass is 10.2. The monoisotopic (exact) mass is 297 g/mol. The first-order chi connectivity index (χ1) is 10.7. The highest BCUT2D eigenvalue weighted by Crippen LogP contribution is 2.25. The zero-order chi connectivity index (χ0) is 15.5. The van der Waals surface area contributed by atoms with Gasteiger partial charge in [0.2, 0.25) is 5.88 Å². The third-order valence-corrected chi connectivity index (χ3v) is 3.70. The standard InChI is InChI=1S/C17H19N3O2/c1-4-12-9-15-16(18-10-12)20(19-17(15)22-3)11-13-5-7-14(21-2)8-6-13/h5-10H,4,11H2,1-3H3. The largest absolute Gasteiger partial charge is 0.497 e. The fourth-order valence-corrected chi connectivity index (χ4v) is 2.43. The molecule has 0 aliphatic carbocycles. The minimum atomic E-state index is 0.617. The number of nitrogens with zero attached hydrogens (tertiary/aromatic N) is 3. The number of rotatable bonds is 5. The van der Waals surface area contributed by atoms with Gasteiger partial charge in [-0.2, -0.15) is 0 Å². The zero-order valence-corrected chi connectivity index (χ0v) is 13.0. The molecule has 0 radical (unpaired) electrons. The number of fused-ring (bicyclic) bond motifs is 1. The first-order valence-electron chi connectivity index (χ1n) is 7.27. The molecule has 0 atom stereocenters. The SMILES string of the molecule is CCc1cnc2c(c1)c(OC)nn2Cc1ccc(OC)cc1. The lowest BCUT2D eigenvalue weighted by Gasteiger charge is -2.05. The van der Waals surface area contributed by atoms with Crippen LogP contribution in [0.3, 0.4) is 0 Å². The van der Waals surface area contributed by atoms with Gasteiger partial charge in [0.15, 0.2) is 5.65 Å². The quantitative estimate of drug-likeness (QED) is 0.726. The van der Waals surface area contributed by atoms with E-state index < -0.39 is 0 Å². The van der Waals surface area contributed by atoms with Crippen molar-refractivity contribution in [3.8, 4) is 11.6 Å². The molecular formula is C17H19N3O2. The molecule has 0 fully saturated rings. The van der Waals surface area contributed by atoms with Crippen LogP contribution in [0.2, 0.25) is 0 Å². The molecule has 0 saturated heterocycles. The Labute approximate surface area is 129 Å². The molecule has 3 aromatic rings. The normalized spacial score (nSPS) is 10.9. The van der Waals surface area contributed by atoms with Crippen LogP contribution >= 0.6 is 0 Å². The summed E-state index contributed by atoms with van der Waals surface area (Å²) in [6.45, 7) is 2.75. The molecule has 0 amide bonds. The summed E-state index contributed by atoms with van der Waals surface area (Å²) in [5.41, 5.74) is 3.15. The molecular weight excluding hydrogens is 278 g/mol. The smallest absolute Gasteiger partial charge is 0.242 e. The van der Waals surface area contributed by atoms with Crippen LogP contribution in [0.4, 0.5) is 0 Å². The third-order valence-electron chi connectivity index (χ3n) is 3.70. The highest BCUT2D eigenvalue weighted by Gasteiger charge is 2.13. The van der Waals surface area contributed by atoms with Crippen LogP contribution in [-0.4, -0.2) is 29.0 Å². The van der Waals surface area contributed by atoms with E-state index >= 15 is 0 Å². The number of aryl methyl sites for hydroxylation is 1. The van der Waals surface area contributed by atoms with Crippen molar-refractivity contribution in [2.45, 2.75) is 19.9 Å². The summed E-state index contributed by atoms with van der Waals surface area (Å²) in [5.74, 6) is 1.46. The molecule has 0 bridgehead atoms. The Balaban J connectivity index is 1.99. The van der Waals surface area contributed by atoms with Gasteiger partial charge in [-0.3, -0.25) is 0 Å². The first-order valence-corrected chi connectivity index (χ1v) is 7.27. The summed E-state index contributed by atoms with van der Waals surface area (Å²) in [4.78, 5) is 4.55. The first kappa shape index (κ1) is 14.4. The van der Waals surface area contributed by atoms with E-state index in [1.165, 1.54) is 5.56 Å². The van der Waals surface area contributed by atoms with E-state index in [-0.39, 0.29) is 0 Å². The van der Waals surface area contributed by atoms with Crippen LogP contribution < -0.4 is 9.47 Å². The van der Waals surface area contributed by atoms with Gasteiger partial charge >= 0.3 is 0 Å². The van der Waals surface area contributed by atoms with E-state index in [2.05, 4.69) is 23.1 Å². The number of ether oxygens (including phenoxy) is 2. The maximum Gasteiger partial charge on any atom is 0.242 e. The molecule has 3 rings (SSSR count). The van der Waals surface area contributed by atoms with Crippen molar-refractivity contribution in [1.82, 2.24) is 14.8 Å². The Morgan fingerprint density at radius 1 is 1.05 bits per heavy atom. The molecule has 0 unspecified atom stereocenters. The Kier molecular flexibility index (Phi) is 3.96. The van der Waals surface area contributed by atoms with Crippen molar-refractivity contribution in [1.29, 1.82) is 0 Å². The molecule has 22 heavy (non-hydrogen) atoms. The number of hydrogen-bond acceptors (Lipinski definition) is 4. The molecule has 2 aromatic heterocycles. The fraction of sp³-hybridized carbons (Fsp3) is 0.294. The summed E-state index contributed by atoms with van der Waals surface area (Å²) in [5, 5.41) is 5.48. The van der Waals surface area contributed by atoms with Gasteiger partial charge in [0, 0.05) is 6.20 Å². The van der Waals surface area contributed by atoms with E-state index in [1.807, 2.05) is 35.1 Å². The second-order valence-electron chi connectivity index (χ2n) is 5.08. The molecule has 5 nitrogen and oxygen atoms in total. The minimum absolute atomic E-state index is 0.617. The number of methoxy groups -OCH3 is 2. The van der Waals surface area contributed by atoms with Gasteiger partial charge in [0.1, 0.15) is 5.75 Å². The summed E-state index contributed by atoms with van der Waals surface area (Å²) in [6, 6.07) is 10.0. The molecule has 114 valence electrons. The summed E-state index contributed by atoms with van der Waals surface area (Å²) < 4.78 is 12.4. The zero-order valence-electron chi connectivity index (χ0n) is 13.0. The van der Waals surface area contributed by atoms with Crippen LogP contribution in [0, 0.1) is 0 Å². The second kappa shape index (κ2) is 6.05. The van der Waals surface area contributed by atoms with Gasteiger partial charge in [-0.25, -0.2) is 9.67 Å². The fourth-order valence-electron chi connectivity index (χ4n) is 2.43. The molecule has 0 aliphatic rings. The van der Waals surface area contributed by atoms with Crippen LogP contribution in [0.1, 0.15) is 18.1 Å². The summed E-state index contributed by atoms with van der Waals surface area (Å²) >= 11 is 0. The van der Waals surface area contributed by atoms with E-state index in [9.17, 15) is 0 Å². The predicted molar refractivity (Wildman–Crippen MR) is 85.6 cm³/mol. The highest BCUT2D eigenvalue weighted by atomic mass is 16.5. The molecule has 0 saturated carbocycles. The van der Waals surface area contributed by atoms with Crippen molar-refractivity contribution in [3.63, 3.8) is 0 Å². The maximum absolute atomic E-state index is 5.39. The number of benzene rings is 1. The minimum Gasteiger partial charge on any atom is -0.497 e. The topological polar surface area (TPSA) is 49.2 Å². The van der Waals surface area contributed by atoms with Crippen molar-refractivity contribution >= 4 is 11.0 Å². The Hall–Kier alpha value is -2.56. The number of hydrogen-bond donors (Lipinski definition) is 0. The molecule has 1 aromatic carbocycles. The van der Waals surface area contributed by atoms with Gasteiger partial charge < -0.3 is 9.47 Å². The highest BCUT2D eigenvalue weighted by molar-refractivity contribution is 5.81. The van der Waals surface area contributed by atoms with Crippen molar-refractivity contribution < 1.29 is 9.47 Å². The van der Waals surface area contributed by atoms with Crippen LogP contribution in [0.25, 0.3) is 11.0 Å². The van der Waals surface area contributed by atoms with Crippen LogP contribution in [0.5, 0.6) is 11.6 Å². The average Bonchev–Trinajstić information content (AvgIpc) is 2.92. The molecule has 2 heterocycles. The van der Waals surface area contributed by atoms with Gasteiger partial charge in [-0.1, -0.05) is 19.1 Å². The molecule has 0 aliphatic heterocycles. The summed E-state index contributed by atoms with van der Waals surface area (Å²) in [7, 11) is 3.30. The van der Waals surface area contributed by atoms with Gasteiger partial charge in [-0.05, 0) is 35.7 Å². The molecule has 0 spiro atoms. The number of aromatic nitrogens is 3. The Bertz CT molecular complexity index is 778. The molecule has 0 N–H and O–H groups in total. The van der Waals surface area contributed by atoms with Crippen LogP contribution in [0.15, 0.2) is 36.5 Å². The lowest BCUT2D eigenvalue weighted by Crippen LogP contribution is -2.03. The second-order valence-corrected chi connectivity index (χ2v) is 5.08. The van der Waals surface area contributed by atoms with E-state index in [4.69, 9.17) is 9.47 Å². The lowest BCUT2D eigenvalue weighted by molar-refractivity contribution is 0.394. The van der Waals surface area contributed by atoms with Crippen molar-refractivity contribution in [2.24, 2.45) is 0 Å². The summed E-state index contributed by atoms with van der Waals surface area (Å²) in [6.07, 6.45) is 2.84. The third kappa shape index (κ3) is 2.62. The van der Waals surface area contributed by atoms with Gasteiger partial charge in [0.05, 0.1) is 26.2 Å². The predicted octanol–water partition coefficient (Wildman–Crippen LogP) is 3.06. The van der Waals surface area contributed by atoms with Crippen molar-refractivity contribution in [3.05, 3.63) is 47.7 Å². The maximum atomic E-state index is 5.39. The number of pyridine rings is 1. The van der Waals surface area contributed by atoms with Crippen molar-refractivity contribution in [2.75, 3.05) is 14.2 Å². The average molecular weight is 297 g/mol. The van der Waals surface area contributed by atoms with Gasteiger partial charge in [0.25, 0.3) is 0 Å². The molecule has 5 heteroatoms. The van der Waals surface area contributed by atoms with E-state index in [0.717, 1.165) is 28.8 Å².